The molecular formula is C17H12N4O4S2. The molecule has 0 aliphatic carbocycles. The molecule has 3 bridgehead atoms. The summed E-state index contributed by atoms with van der Waals surface area (Å²) in [4.78, 5) is 20.5. The van der Waals surface area contributed by atoms with Gasteiger partial charge in [-0.1, -0.05) is 23.5 Å². The maximum Gasteiger partial charge on any atom is 0.336 e. The summed E-state index contributed by atoms with van der Waals surface area (Å²) in [6, 6.07) is 10.4. The summed E-state index contributed by atoms with van der Waals surface area (Å²) in [5.74, 6) is -1.43. The molecule has 3 heterocycles. The second kappa shape index (κ2) is 5.27. The highest BCUT2D eigenvalue weighted by molar-refractivity contribution is 7.92. The molecule has 0 unspecified atom stereocenters. The Labute approximate surface area is 157 Å². The Morgan fingerprint density at radius 3 is 2.70 bits per heavy atom. The van der Waals surface area contributed by atoms with Gasteiger partial charge in [-0.15, -0.1) is 0 Å². The fraction of sp³-hybridized carbons (Fsp3) is 0.118. The topological polar surface area (TPSA) is 105 Å². The Balaban J connectivity index is 1.83. The van der Waals surface area contributed by atoms with Crippen molar-refractivity contribution in [1.29, 1.82) is 0 Å². The number of aromatic nitrogens is 3. The minimum atomic E-state index is -3.94. The quantitative estimate of drug-likeness (QED) is 0.555. The van der Waals surface area contributed by atoms with Gasteiger partial charge in [0.15, 0.2) is 0 Å². The minimum Gasteiger partial charge on any atom is -0.478 e. The number of imidazole rings is 1. The van der Waals surface area contributed by atoms with Crippen LogP contribution in [0.2, 0.25) is 0 Å². The zero-order valence-corrected chi connectivity index (χ0v) is 15.6. The molecule has 136 valence electrons. The second-order valence-corrected chi connectivity index (χ2v) is 9.09. The Hall–Kier alpha value is -2.98. The van der Waals surface area contributed by atoms with Crippen molar-refractivity contribution >= 4 is 59.7 Å². The first-order valence-corrected chi connectivity index (χ1v) is 10.4. The van der Waals surface area contributed by atoms with Crippen LogP contribution in [-0.4, -0.2) is 34.0 Å². The van der Waals surface area contributed by atoms with Crippen LogP contribution in [0, 0.1) is 0 Å². The average Bonchev–Trinajstić information content (AvgIpc) is 3.17. The minimum absolute atomic E-state index is 0.0538. The number of sulfonamides is 1. The van der Waals surface area contributed by atoms with Gasteiger partial charge in [0.25, 0.3) is 0 Å². The predicted molar refractivity (Wildman–Crippen MR) is 102 cm³/mol. The first-order valence-electron chi connectivity index (χ1n) is 7.96. The number of para-hydroxylation sites is 1. The number of hydrogen-bond donors (Lipinski definition) is 1. The lowest BCUT2D eigenvalue weighted by molar-refractivity contribution is 0.0696. The number of fused-ring (bicyclic) bond motifs is 3. The van der Waals surface area contributed by atoms with Crippen LogP contribution in [0.1, 0.15) is 15.9 Å². The molecule has 0 fully saturated rings. The number of aryl methyl sites for hydroxylation is 1. The zero-order valence-electron chi connectivity index (χ0n) is 13.9. The van der Waals surface area contributed by atoms with Crippen molar-refractivity contribution < 1.29 is 18.3 Å². The molecule has 5 rings (SSSR count). The molecule has 1 aliphatic heterocycles. The number of carbonyl (C=O) groups is 1. The SMILES string of the molecule is Cn1c2nc3cc(C(=O)O)c(cc31)CS(=O)(=O)N2c1nc2ccccc2s1. The lowest BCUT2D eigenvalue weighted by Gasteiger charge is -2.22. The van der Waals surface area contributed by atoms with Crippen LogP contribution >= 0.6 is 11.3 Å². The van der Waals surface area contributed by atoms with Crippen molar-refractivity contribution in [1.82, 2.24) is 14.5 Å². The molecule has 0 atom stereocenters. The van der Waals surface area contributed by atoms with Crippen LogP contribution in [-0.2, 0) is 22.8 Å². The highest BCUT2D eigenvalue weighted by atomic mass is 32.2. The Kier molecular flexibility index (Phi) is 3.16. The van der Waals surface area contributed by atoms with Crippen LogP contribution in [0.15, 0.2) is 36.4 Å². The first kappa shape index (κ1) is 16.2. The normalized spacial score (nSPS) is 15.5. The van der Waals surface area contributed by atoms with E-state index in [9.17, 15) is 18.3 Å². The number of carboxylic acid groups (broad SMARTS) is 1. The van der Waals surface area contributed by atoms with Gasteiger partial charge in [-0.3, -0.25) is 0 Å². The van der Waals surface area contributed by atoms with Crippen LogP contribution in [0.5, 0.6) is 0 Å². The fourth-order valence-corrected chi connectivity index (χ4v) is 6.08. The monoisotopic (exact) mass is 400 g/mol. The van der Waals surface area contributed by atoms with Gasteiger partial charge in [0.2, 0.25) is 21.1 Å². The molecule has 2 aromatic heterocycles. The van der Waals surface area contributed by atoms with Crippen molar-refractivity contribution in [2.75, 3.05) is 4.31 Å². The standard InChI is InChI=1S/C17H12N4O4S2/c1-20-13-6-9-8-27(24,25)21(16(20)18-12(13)7-10(9)15(22)23)17-19-11-4-2-3-5-14(11)26-17/h2-7H,8H2,1H3,(H,22,23). The molecule has 0 amide bonds. The van der Waals surface area contributed by atoms with Gasteiger partial charge in [-0.05, 0) is 29.8 Å². The molecule has 8 nitrogen and oxygen atoms in total. The Bertz CT molecular complexity index is 1340. The summed E-state index contributed by atoms with van der Waals surface area (Å²) in [6.45, 7) is 0. The summed E-state index contributed by atoms with van der Waals surface area (Å²) >= 11 is 1.25. The van der Waals surface area contributed by atoms with Crippen molar-refractivity contribution in [3.05, 3.63) is 47.5 Å². The van der Waals surface area contributed by atoms with Gasteiger partial charge < -0.3 is 9.67 Å². The van der Waals surface area contributed by atoms with E-state index in [1.807, 2.05) is 24.3 Å². The summed E-state index contributed by atoms with van der Waals surface area (Å²) in [5.41, 5.74) is 1.97. The van der Waals surface area contributed by atoms with Crippen molar-refractivity contribution in [2.45, 2.75) is 5.75 Å². The molecule has 0 saturated carbocycles. The molecule has 10 heteroatoms. The number of thiazole rings is 1. The van der Waals surface area contributed by atoms with E-state index in [2.05, 4.69) is 9.97 Å². The van der Waals surface area contributed by atoms with Crippen LogP contribution in [0.3, 0.4) is 0 Å². The smallest absolute Gasteiger partial charge is 0.336 e. The van der Waals surface area contributed by atoms with Gasteiger partial charge in [0, 0.05) is 7.05 Å². The van der Waals surface area contributed by atoms with Crippen LogP contribution in [0.25, 0.3) is 21.3 Å². The van der Waals surface area contributed by atoms with E-state index in [0.29, 0.717) is 16.6 Å². The van der Waals surface area contributed by atoms with Crippen molar-refractivity contribution in [2.24, 2.45) is 7.05 Å². The second-order valence-electron chi connectivity index (χ2n) is 6.26. The third kappa shape index (κ3) is 2.26. The van der Waals surface area contributed by atoms with Gasteiger partial charge in [-0.2, -0.15) is 4.31 Å². The summed E-state index contributed by atoms with van der Waals surface area (Å²) in [5, 5.41) is 9.75. The van der Waals surface area contributed by atoms with E-state index < -0.39 is 21.7 Å². The molecular weight excluding hydrogens is 388 g/mol. The fourth-order valence-electron chi connectivity index (χ4n) is 3.31. The average molecular weight is 400 g/mol. The Morgan fingerprint density at radius 2 is 1.96 bits per heavy atom. The number of carboxylic acids is 1. The lowest BCUT2D eigenvalue weighted by atomic mass is 10.1. The molecule has 2 aromatic carbocycles. The van der Waals surface area contributed by atoms with Crippen LogP contribution in [0.4, 0.5) is 11.1 Å². The molecule has 0 saturated heterocycles. The van der Waals surface area contributed by atoms with E-state index in [1.165, 1.54) is 17.4 Å². The lowest BCUT2D eigenvalue weighted by Crippen LogP contribution is -2.30. The first-order chi connectivity index (χ1) is 12.8. The van der Waals surface area contributed by atoms with Gasteiger partial charge in [0.1, 0.15) is 0 Å². The van der Waals surface area contributed by atoms with E-state index >= 15 is 0 Å². The summed E-state index contributed by atoms with van der Waals surface area (Å²) in [7, 11) is -2.24. The maximum absolute atomic E-state index is 13.2. The third-order valence-electron chi connectivity index (χ3n) is 4.57. The molecule has 4 aromatic rings. The summed E-state index contributed by atoms with van der Waals surface area (Å²) < 4.78 is 30.1. The number of rotatable bonds is 2. The van der Waals surface area contributed by atoms with E-state index in [-0.39, 0.29) is 22.2 Å². The van der Waals surface area contributed by atoms with Gasteiger partial charge in [-0.25, -0.2) is 23.2 Å². The molecule has 1 aliphatic rings. The van der Waals surface area contributed by atoms with E-state index in [1.54, 1.807) is 17.7 Å². The predicted octanol–water partition coefficient (Wildman–Crippen LogP) is 2.86. The number of benzene rings is 2. The highest BCUT2D eigenvalue weighted by Crippen LogP contribution is 2.39. The van der Waals surface area contributed by atoms with Crippen molar-refractivity contribution in [3.63, 3.8) is 0 Å². The van der Waals surface area contributed by atoms with Gasteiger partial charge >= 0.3 is 5.97 Å². The molecule has 0 radical (unpaired) electrons. The number of hydrogen-bond acceptors (Lipinski definition) is 6. The third-order valence-corrected chi connectivity index (χ3v) is 7.27. The summed E-state index contributed by atoms with van der Waals surface area (Å²) in [6.07, 6.45) is 0. The van der Waals surface area contributed by atoms with Crippen LogP contribution < -0.4 is 4.31 Å². The van der Waals surface area contributed by atoms with Crippen molar-refractivity contribution in [3.8, 4) is 0 Å². The number of anilines is 2. The maximum atomic E-state index is 13.2. The molecule has 1 N–H and O–H groups in total. The molecule has 27 heavy (non-hydrogen) atoms. The zero-order chi connectivity index (χ0) is 18.9. The number of nitrogens with zero attached hydrogens (tertiary/aromatic N) is 4. The number of aromatic carboxylic acids is 1. The highest BCUT2D eigenvalue weighted by Gasteiger charge is 2.35. The molecule has 0 spiro atoms. The largest absolute Gasteiger partial charge is 0.478 e. The Morgan fingerprint density at radius 1 is 1.19 bits per heavy atom. The van der Waals surface area contributed by atoms with E-state index in [4.69, 9.17) is 0 Å². The van der Waals surface area contributed by atoms with E-state index in [0.717, 1.165) is 9.01 Å². The van der Waals surface area contributed by atoms with Gasteiger partial charge in [0.05, 0.1) is 32.6 Å².